The molecule has 9 aromatic rings. The van der Waals surface area contributed by atoms with Crippen molar-refractivity contribution < 1.29 is 0 Å². The van der Waals surface area contributed by atoms with Crippen molar-refractivity contribution in [2.24, 2.45) is 0 Å². The maximum atomic E-state index is 4.93. The topological polar surface area (TPSA) is 25.8 Å². The van der Waals surface area contributed by atoms with Gasteiger partial charge in [0.05, 0.1) is 16.8 Å². The first kappa shape index (κ1) is 26.7. The molecule has 7 aromatic carbocycles. The van der Waals surface area contributed by atoms with Crippen LogP contribution in [0.1, 0.15) is 22.3 Å². The van der Waals surface area contributed by atoms with Gasteiger partial charge in [0.25, 0.3) is 0 Å². The molecule has 2 nitrogen and oxygen atoms in total. The van der Waals surface area contributed by atoms with E-state index in [1.165, 1.54) is 82.4 Å². The number of hydrogen-bond donors (Lipinski definition) is 0. The van der Waals surface area contributed by atoms with Gasteiger partial charge in [-0.15, -0.1) is 0 Å². The van der Waals surface area contributed by atoms with Gasteiger partial charge < -0.3 is 0 Å². The SMILES string of the molecule is c1ccc(-c2ccc(-c3cc4c(c5ccccc35)C3(c5ccccc5-c5ccccc53)c3c-4c4ccccc4c4ccccc34)cn2)nc1. The summed E-state index contributed by atoms with van der Waals surface area (Å²) in [6, 6.07) is 58.0. The Morgan fingerprint density at radius 1 is 0.367 bits per heavy atom. The van der Waals surface area contributed by atoms with Crippen molar-refractivity contribution in [2.45, 2.75) is 5.41 Å². The molecule has 0 fully saturated rings. The molecule has 0 saturated carbocycles. The van der Waals surface area contributed by atoms with Crippen LogP contribution in [0, 0.1) is 0 Å². The Labute approximate surface area is 284 Å². The smallest absolute Gasteiger partial charge is 0.0886 e. The third-order valence-electron chi connectivity index (χ3n) is 11.0. The Morgan fingerprint density at radius 3 is 1.57 bits per heavy atom. The molecule has 2 aliphatic carbocycles. The van der Waals surface area contributed by atoms with Gasteiger partial charge >= 0.3 is 0 Å². The van der Waals surface area contributed by atoms with Crippen molar-refractivity contribution >= 4 is 32.3 Å². The number of benzene rings is 7. The van der Waals surface area contributed by atoms with Crippen molar-refractivity contribution in [3.63, 3.8) is 0 Å². The fraction of sp³-hybridized carbons (Fsp3) is 0.0213. The number of hydrogen-bond acceptors (Lipinski definition) is 2. The number of pyridine rings is 2. The number of rotatable bonds is 2. The summed E-state index contributed by atoms with van der Waals surface area (Å²) in [6.07, 6.45) is 3.84. The molecule has 2 heteroatoms. The van der Waals surface area contributed by atoms with Gasteiger partial charge in [0, 0.05) is 18.0 Å². The summed E-state index contributed by atoms with van der Waals surface area (Å²) >= 11 is 0. The second kappa shape index (κ2) is 9.82. The molecule has 226 valence electrons. The van der Waals surface area contributed by atoms with Gasteiger partial charge in [-0.25, -0.2) is 0 Å². The Hall–Kier alpha value is -6.38. The van der Waals surface area contributed by atoms with Crippen LogP contribution >= 0.6 is 0 Å². The minimum Gasteiger partial charge on any atom is -0.255 e. The summed E-state index contributed by atoms with van der Waals surface area (Å²) in [4.78, 5) is 9.47. The van der Waals surface area contributed by atoms with E-state index < -0.39 is 5.41 Å². The Bertz CT molecular complexity index is 2770. The summed E-state index contributed by atoms with van der Waals surface area (Å²) in [5.41, 5.74) is 14.3. The lowest BCUT2D eigenvalue weighted by Crippen LogP contribution is -2.26. The molecule has 0 bridgehead atoms. The normalized spacial score (nSPS) is 13.5. The summed E-state index contributed by atoms with van der Waals surface area (Å²) < 4.78 is 0. The molecule has 0 saturated heterocycles. The molecule has 0 aliphatic heterocycles. The predicted octanol–water partition coefficient (Wildman–Crippen LogP) is 11.6. The van der Waals surface area contributed by atoms with Crippen molar-refractivity contribution in [1.29, 1.82) is 0 Å². The zero-order valence-corrected chi connectivity index (χ0v) is 26.6. The molecule has 0 amide bonds. The third kappa shape index (κ3) is 3.40. The first-order chi connectivity index (χ1) is 24.3. The zero-order valence-electron chi connectivity index (χ0n) is 26.6. The van der Waals surface area contributed by atoms with Crippen molar-refractivity contribution in [3.05, 3.63) is 192 Å². The minimum absolute atomic E-state index is 0.485. The lowest BCUT2D eigenvalue weighted by molar-refractivity contribution is 0.809. The van der Waals surface area contributed by atoms with E-state index in [9.17, 15) is 0 Å². The van der Waals surface area contributed by atoms with Crippen LogP contribution in [0.2, 0.25) is 0 Å². The summed E-state index contributed by atoms with van der Waals surface area (Å²) in [5, 5.41) is 7.70. The monoisotopic (exact) mass is 620 g/mol. The van der Waals surface area contributed by atoms with Crippen molar-refractivity contribution in [2.75, 3.05) is 0 Å². The first-order valence-electron chi connectivity index (χ1n) is 16.9. The lowest BCUT2D eigenvalue weighted by atomic mass is 9.68. The largest absolute Gasteiger partial charge is 0.255 e. The van der Waals surface area contributed by atoms with E-state index in [2.05, 4.69) is 145 Å². The minimum atomic E-state index is -0.485. The Kier molecular flexibility index (Phi) is 5.34. The summed E-state index contributed by atoms with van der Waals surface area (Å²) in [7, 11) is 0. The highest BCUT2D eigenvalue weighted by molar-refractivity contribution is 6.22. The molecular formula is C47H28N2. The molecule has 49 heavy (non-hydrogen) atoms. The van der Waals surface area contributed by atoms with E-state index in [0.717, 1.165) is 17.0 Å². The fourth-order valence-electron chi connectivity index (χ4n) is 9.14. The van der Waals surface area contributed by atoms with Gasteiger partial charge in [0.15, 0.2) is 0 Å². The highest BCUT2D eigenvalue weighted by Gasteiger charge is 2.54. The number of aromatic nitrogens is 2. The summed E-state index contributed by atoms with van der Waals surface area (Å²) in [6.45, 7) is 0. The maximum absolute atomic E-state index is 4.93. The fourth-order valence-corrected chi connectivity index (χ4v) is 9.14. The highest BCUT2D eigenvalue weighted by atomic mass is 14.8. The number of fused-ring (bicyclic) bond motifs is 17. The average molecular weight is 621 g/mol. The van der Waals surface area contributed by atoms with Crippen LogP contribution in [-0.2, 0) is 5.41 Å². The van der Waals surface area contributed by atoms with Crippen molar-refractivity contribution in [1.82, 2.24) is 9.97 Å². The molecule has 2 aromatic heterocycles. The Balaban J connectivity index is 1.34. The van der Waals surface area contributed by atoms with E-state index in [1.807, 2.05) is 30.6 Å². The lowest BCUT2D eigenvalue weighted by Gasteiger charge is -2.33. The van der Waals surface area contributed by atoms with E-state index in [1.54, 1.807) is 0 Å². The van der Waals surface area contributed by atoms with Crippen LogP contribution < -0.4 is 0 Å². The Morgan fingerprint density at radius 2 is 0.918 bits per heavy atom. The second-order valence-electron chi connectivity index (χ2n) is 13.2. The van der Waals surface area contributed by atoms with Crippen LogP contribution in [0.5, 0.6) is 0 Å². The molecule has 1 spiro atoms. The van der Waals surface area contributed by atoms with Crippen LogP contribution in [0.25, 0.3) is 77.1 Å². The van der Waals surface area contributed by atoms with Crippen LogP contribution in [0.3, 0.4) is 0 Å². The van der Waals surface area contributed by atoms with E-state index in [0.29, 0.717) is 0 Å². The van der Waals surface area contributed by atoms with Gasteiger partial charge in [-0.1, -0.05) is 133 Å². The van der Waals surface area contributed by atoms with Gasteiger partial charge in [-0.3, -0.25) is 9.97 Å². The molecule has 11 rings (SSSR count). The van der Waals surface area contributed by atoms with E-state index in [4.69, 9.17) is 4.98 Å². The van der Waals surface area contributed by atoms with Gasteiger partial charge in [0.2, 0.25) is 0 Å². The molecule has 0 radical (unpaired) electrons. The second-order valence-corrected chi connectivity index (χ2v) is 13.2. The average Bonchev–Trinajstić information content (AvgIpc) is 3.66. The molecule has 2 aliphatic rings. The molecule has 0 atom stereocenters. The first-order valence-corrected chi connectivity index (χ1v) is 16.9. The van der Waals surface area contributed by atoms with E-state index >= 15 is 0 Å². The van der Waals surface area contributed by atoms with Gasteiger partial charge in [-0.2, -0.15) is 0 Å². The predicted molar refractivity (Wildman–Crippen MR) is 202 cm³/mol. The molecule has 2 heterocycles. The number of nitrogens with zero attached hydrogens (tertiary/aromatic N) is 2. The van der Waals surface area contributed by atoms with Crippen LogP contribution in [0.15, 0.2) is 170 Å². The van der Waals surface area contributed by atoms with Crippen LogP contribution in [0.4, 0.5) is 0 Å². The summed E-state index contributed by atoms with van der Waals surface area (Å²) in [5.74, 6) is 0. The maximum Gasteiger partial charge on any atom is 0.0886 e. The van der Waals surface area contributed by atoms with E-state index in [-0.39, 0.29) is 0 Å². The molecule has 0 N–H and O–H groups in total. The molecular weight excluding hydrogens is 593 g/mol. The van der Waals surface area contributed by atoms with Gasteiger partial charge in [0.1, 0.15) is 0 Å². The molecule has 0 unspecified atom stereocenters. The van der Waals surface area contributed by atoms with Crippen molar-refractivity contribution in [3.8, 4) is 44.8 Å². The van der Waals surface area contributed by atoms with Crippen LogP contribution in [-0.4, -0.2) is 9.97 Å². The van der Waals surface area contributed by atoms with Gasteiger partial charge in [-0.05, 0) is 107 Å². The highest BCUT2D eigenvalue weighted by Crippen LogP contribution is 2.67. The standard InChI is InChI=1S/C47H28N2/c1-4-18-35-30(13-1)31-14-2-6-20-37(31)46-44(35)39-27-38(29-24-25-43(49-28-29)42-23-11-12-26-48-42)32-15-3-5-19-36(32)45(39)47(46)40-21-9-7-16-33(40)34-17-8-10-22-41(34)47/h1-28H. The third-order valence-corrected chi connectivity index (χ3v) is 11.0. The zero-order chi connectivity index (χ0) is 32.1. The quantitative estimate of drug-likeness (QED) is 0.180.